The van der Waals surface area contributed by atoms with Crippen molar-refractivity contribution >= 4 is 15.8 Å². The van der Waals surface area contributed by atoms with Crippen LogP contribution in [0.25, 0.3) is 0 Å². The Labute approximate surface area is 201 Å². The van der Waals surface area contributed by atoms with Gasteiger partial charge in [0.15, 0.2) is 5.78 Å². The fraction of sp³-hybridized carbons (Fsp3) is 0.435. The van der Waals surface area contributed by atoms with Gasteiger partial charge in [0.2, 0.25) is 10.0 Å². The van der Waals surface area contributed by atoms with Gasteiger partial charge in [0.1, 0.15) is 24.2 Å². The van der Waals surface area contributed by atoms with E-state index in [0.29, 0.717) is 30.8 Å². The molecule has 8 nitrogen and oxygen atoms in total. The number of carbonyl (C=O) groups is 1. The summed E-state index contributed by atoms with van der Waals surface area (Å²) in [6, 6.07) is 10.8. The molecule has 0 aromatic heterocycles. The maximum Gasteiger partial charge on any atom is 0.573 e. The molecular weight excluding hydrogens is 489 g/mol. The Kier molecular flexibility index (Phi) is 8.75. The minimum atomic E-state index is -4.86. The molecule has 0 unspecified atom stereocenters. The second-order valence-corrected chi connectivity index (χ2v) is 9.93. The third kappa shape index (κ3) is 7.66. The van der Waals surface area contributed by atoms with Crippen LogP contribution in [0, 0.1) is 0 Å². The summed E-state index contributed by atoms with van der Waals surface area (Å²) in [5, 5.41) is 10.3. The maximum atomic E-state index is 12.8. The van der Waals surface area contributed by atoms with Crippen LogP contribution in [0.15, 0.2) is 53.4 Å². The second kappa shape index (κ2) is 11.4. The Hall–Kier alpha value is -2.67. The molecule has 1 atom stereocenters. The van der Waals surface area contributed by atoms with E-state index in [1.807, 2.05) is 4.90 Å². The first-order valence-corrected chi connectivity index (χ1v) is 12.4. The lowest BCUT2D eigenvalue weighted by Gasteiger charge is -2.34. The molecule has 0 spiro atoms. The van der Waals surface area contributed by atoms with Gasteiger partial charge in [0, 0.05) is 44.7 Å². The Morgan fingerprint density at radius 1 is 1.00 bits per heavy atom. The van der Waals surface area contributed by atoms with Crippen LogP contribution in [0.3, 0.4) is 0 Å². The minimum absolute atomic E-state index is 0.0326. The van der Waals surface area contributed by atoms with Crippen LogP contribution in [-0.2, 0) is 10.0 Å². The van der Waals surface area contributed by atoms with Crippen molar-refractivity contribution in [2.45, 2.75) is 30.7 Å². The van der Waals surface area contributed by atoms with Crippen molar-refractivity contribution in [2.75, 3.05) is 39.3 Å². The number of halogens is 3. The van der Waals surface area contributed by atoms with Gasteiger partial charge in [-0.05, 0) is 48.5 Å². The van der Waals surface area contributed by atoms with Crippen molar-refractivity contribution in [3.8, 4) is 11.5 Å². The smallest absolute Gasteiger partial charge is 0.491 e. The first kappa shape index (κ1) is 26.9. The normalized spacial score (nSPS) is 16.6. The van der Waals surface area contributed by atoms with E-state index in [1.165, 1.54) is 4.31 Å². The number of Topliss-reactive ketones (excluding diaryl/α,β-unsaturated/α-hetero) is 1. The van der Waals surface area contributed by atoms with E-state index in [2.05, 4.69) is 4.74 Å². The highest BCUT2D eigenvalue weighted by atomic mass is 32.2. The van der Waals surface area contributed by atoms with Crippen LogP contribution < -0.4 is 9.47 Å². The molecule has 2 aromatic rings. The molecule has 192 valence electrons. The summed E-state index contributed by atoms with van der Waals surface area (Å²) >= 11 is 0. The van der Waals surface area contributed by atoms with Crippen molar-refractivity contribution in [3.05, 3.63) is 54.1 Å². The SMILES string of the molecule is CCC(=O)c1ccc(OC[C@H](O)CN2CCN(S(=O)(=O)c3ccc(OC(F)(F)F)cc3)CC2)cc1. The number of ether oxygens (including phenoxy) is 2. The molecule has 1 N–H and O–H groups in total. The molecule has 3 rings (SSSR count). The van der Waals surface area contributed by atoms with Gasteiger partial charge in [-0.25, -0.2) is 8.42 Å². The van der Waals surface area contributed by atoms with E-state index in [0.717, 1.165) is 24.3 Å². The summed E-state index contributed by atoms with van der Waals surface area (Å²) in [5.41, 5.74) is 0.596. The lowest BCUT2D eigenvalue weighted by molar-refractivity contribution is -0.274. The molecule has 0 aliphatic carbocycles. The molecule has 0 amide bonds. The van der Waals surface area contributed by atoms with E-state index in [-0.39, 0.29) is 36.9 Å². The van der Waals surface area contributed by atoms with E-state index < -0.39 is 28.2 Å². The molecule has 0 saturated carbocycles. The molecule has 0 bridgehead atoms. The Bertz CT molecular complexity index is 1080. The van der Waals surface area contributed by atoms with Gasteiger partial charge < -0.3 is 14.6 Å². The third-order valence-corrected chi connectivity index (χ3v) is 7.35. The quantitative estimate of drug-likeness (QED) is 0.485. The van der Waals surface area contributed by atoms with E-state index in [4.69, 9.17) is 4.74 Å². The van der Waals surface area contributed by atoms with Crippen LogP contribution in [0.1, 0.15) is 23.7 Å². The fourth-order valence-corrected chi connectivity index (χ4v) is 5.02. The van der Waals surface area contributed by atoms with Gasteiger partial charge >= 0.3 is 6.36 Å². The number of rotatable bonds is 10. The second-order valence-electron chi connectivity index (χ2n) is 7.99. The van der Waals surface area contributed by atoms with Gasteiger partial charge in [0.05, 0.1) is 4.90 Å². The highest BCUT2D eigenvalue weighted by Gasteiger charge is 2.32. The first-order valence-electron chi connectivity index (χ1n) is 11.0. The fourth-order valence-electron chi connectivity index (χ4n) is 3.60. The van der Waals surface area contributed by atoms with E-state index in [1.54, 1.807) is 31.2 Å². The topological polar surface area (TPSA) is 96.4 Å². The molecule has 1 fully saturated rings. The van der Waals surface area contributed by atoms with Crippen LogP contribution >= 0.6 is 0 Å². The van der Waals surface area contributed by atoms with E-state index >= 15 is 0 Å². The van der Waals surface area contributed by atoms with Crippen molar-refractivity contribution in [2.24, 2.45) is 0 Å². The third-order valence-electron chi connectivity index (χ3n) is 5.44. The molecule has 0 radical (unpaired) electrons. The minimum Gasteiger partial charge on any atom is -0.491 e. The van der Waals surface area contributed by atoms with Crippen LogP contribution in [0.5, 0.6) is 11.5 Å². The van der Waals surface area contributed by atoms with Crippen LogP contribution in [-0.4, -0.2) is 80.3 Å². The number of alkyl halides is 3. The van der Waals surface area contributed by atoms with E-state index in [9.17, 15) is 31.5 Å². The summed E-state index contributed by atoms with van der Waals surface area (Å²) in [6.45, 7) is 3.19. The molecule has 1 aliphatic rings. The number of hydrogen-bond acceptors (Lipinski definition) is 7. The number of sulfonamides is 1. The highest BCUT2D eigenvalue weighted by molar-refractivity contribution is 7.89. The lowest BCUT2D eigenvalue weighted by Crippen LogP contribution is -2.50. The molecule has 35 heavy (non-hydrogen) atoms. The summed E-state index contributed by atoms with van der Waals surface area (Å²) < 4.78 is 73.1. The van der Waals surface area contributed by atoms with Crippen LogP contribution in [0.4, 0.5) is 13.2 Å². The highest BCUT2D eigenvalue weighted by Crippen LogP contribution is 2.25. The number of aliphatic hydroxyl groups is 1. The predicted molar refractivity (Wildman–Crippen MR) is 121 cm³/mol. The zero-order valence-corrected chi connectivity index (χ0v) is 19.9. The number of ketones is 1. The van der Waals surface area contributed by atoms with Crippen molar-refractivity contribution in [1.82, 2.24) is 9.21 Å². The standard InChI is InChI=1S/C23H27F3N2O6S/c1-2-22(30)17-3-5-19(6-4-17)33-16-18(29)15-27-11-13-28(14-12-27)35(31,32)21-9-7-20(8-10-21)34-23(24,25)26/h3-10,18,29H,2,11-16H2,1H3/t18-/m1/s1. The molecule has 1 heterocycles. The monoisotopic (exact) mass is 516 g/mol. The average Bonchev–Trinajstić information content (AvgIpc) is 2.82. The van der Waals surface area contributed by atoms with Crippen molar-refractivity contribution < 1.29 is 41.0 Å². The molecule has 2 aromatic carbocycles. The van der Waals surface area contributed by atoms with Crippen LogP contribution in [0.2, 0.25) is 0 Å². The number of β-amino-alcohol motifs (C(OH)–C–C–N with tert-alkyl or cyclic N) is 1. The van der Waals surface area contributed by atoms with Gasteiger partial charge in [-0.1, -0.05) is 6.92 Å². The largest absolute Gasteiger partial charge is 0.573 e. The predicted octanol–water partition coefficient (Wildman–Crippen LogP) is 2.92. The molecule has 1 saturated heterocycles. The summed E-state index contributed by atoms with van der Waals surface area (Å²) in [4.78, 5) is 13.4. The zero-order valence-electron chi connectivity index (χ0n) is 19.1. The molecule has 1 aliphatic heterocycles. The summed E-state index contributed by atoms with van der Waals surface area (Å²) in [7, 11) is -3.87. The van der Waals surface area contributed by atoms with Gasteiger partial charge in [-0.15, -0.1) is 13.2 Å². The van der Waals surface area contributed by atoms with Crippen molar-refractivity contribution in [1.29, 1.82) is 0 Å². The molecule has 12 heteroatoms. The Morgan fingerprint density at radius 2 is 1.57 bits per heavy atom. The average molecular weight is 517 g/mol. The first-order chi connectivity index (χ1) is 16.5. The number of carbonyl (C=O) groups excluding carboxylic acids is 1. The molecular formula is C23H27F3N2O6S. The maximum absolute atomic E-state index is 12.8. The lowest BCUT2D eigenvalue weighted by atomic mass is 10.1. The summed E-state index contributed by atoms with van der Waals surface area (Å²) in [5.74, 6) is 0.0624. The number of piperazine rings is 1. The zero-order chi connectivity index (χ0) is 25.6. The summed E-state index contributed by atoms with van der Waals surface area (Å²) in [6.07, 6.45) is -5.25. The van der Waals surface area contributed by atoms with Crippen molar-refractivity contribution in [3.63, 3.8) is 0 Å². The number of aliphatic hydroxyl groups excluding tert-OH is 1. The Morgan fingerprint density at radius 3 is 2.11 bits per heavy atom. The van der Waals surface area contributed by atoms with Gasteiger partial charge in [-0.3, -0.25) is 9.69 Å². The van der Waals surface area contributed by atoms with Gasteiger partial charge in [-0.2, -0.15) is 4.31 Å². The number of hydrogen-bond donors (Lipinski definition) is 1. The Balaban J connectivity index is 1.46. The number of benzene rings is 2. The number of nitrogens with zero attached hydrogens (tertiary/aromatic N) is 2. The van der Waals surface area contributed by atoms with Gasteiger partial charge in [0.25, 0.3) is 0 Å².